The fourth-order valence-corrected chi connectivity index (χ4v) is 3.59. The molecule has 2 heterocycles. The van der Waals surface area contributed by atoms with Crippen molar-refractivity contribution in [3.05, 3.63) is 10.8 Å². The first-order valence-corrected chi connectivity index (χ1v) is 6.91. The first kappa shape index (κ1) is 19.1. The van der Waals surface area contributed by atoms with Crippen molar-refractivity contribution >= 4 is 29.7 Å². The number of rotatable bonds is 6. The number of ether oxygens (including phenoxy) is 2. The van der Waals surface area contributed by atoms with Crippen LogP contribution in [0.5, 0.6) is 0 Å². The van der Waals surface area contributed by atoms with Crippen molar-refractivity contribution in [2.75, 3.05) is 13.2 Å². The van der Waals surface area contributed by atoms with Gasteiger partial charge in [-0.3, -0.25) is 9.69 Å². The second kappa shape index (κ2) is 7.55. The zero-order valence-electron chi connectivity index (χ0n) is 12.0. The summed E-state index contributed by atoms with van der Waals surface area (Å²) in [5.41, 5.74) is 4.40. The third-order valence-corrected chi connectivity index (χ3v) is 4.29. The monoisotopic (exact) mass is 340 g/mol. The van der Waals surface area contributed by atoms with Gasteiger partial charge >= 0.3 is 35.7 Å². The Bertz CT molecular complexity index is 525. The maximum Gasteiger partial charge on any atom is 1.00 e. The molecule has 11 heteroatoms. The molecule has 2 rings (SSSR count). The molecule has 0 aromatic rings. The van der Waals surface area contributed by atoms with Crippen LogP contribution in [0, 0.1) is 5.92 Å². The van der Waals surface area contributed by atoms with Crippen molar-refractivity contribution in [3.63, 3.8) is 0 Å². The van der Waals surface area contributed by atoms with Crippen molar-refractivity contribution in [3.8, 4) is 0 Å². The summed E-state index contributed by atoms with van der Waals surface area (Å²) in [6.45, 7) is 1.19. The number of hydrogen-bond acceptors (Lipinski definition) is 8. The zero-order chi connectivity index (χ0) is 15.7. The summed E-state index contributed by atoms with van der Waals surface area (Å²) >= 11 is 1.01. The maximum absolute atomic E-state index is 11.9. The molecule has 0 aromatic heterocycles. The van der Waals surface area contributed by atoms with Gasteiger partial charge in [-0.25, -0.2) is 4.79 Å². The molecule has 1 saturated heterocycles. The van der Waals surface area contributed by atoms with E-state index >= 15 is 0 Å². The van der Waals surface area contributed by atoms with E-state index in [1.165, 1.54) is 6.92 Å². The second-order valence-corrected chi connectivity index (χ2v) is 5.51. The van der Waals surface area contributed by atoms with Crippen LogP contribution in [0.2, 0.25) is 0 Å². The quantitative estimate of drug-likeness (QED) is 0.278. The van der Waals surface area contributed by atoms with Gasteiger partial charge in [0.15, 0.2) is 5.09 Å². The third kappa shape index (κ3) is 3.51. The van der Waals surface area contributed by atoms with Gasteiger partial charge in [0.1, 0.15) is 24.3 Å². The predicted molar refractivity (Wildman–Crippen MR) is 66.9 cm³/mol. The SMILES string of the molecule is C[C@@H](O)[C@H]1C(=O)N2C(C(=O)[O-])=C(OCCOC(N)=O)S[C@H]12.[Na+]. The molecule has 2 aliphatic heterocycles. The number of thioether (sulfide) groups is 1. The summed E-state index contributed by atoms with van der Waals surface area (Å²) < 4.78 is 9.64. The number of aliphatic hydroxyl groups excluding tert-OH is 1. The van der Waals surface area contributed by atoms with Crippen LogP contribution in [0.3, 0.4) is 0 Å². The first-order valence-electron chi connectivity index (χ1n) is 6.03. The number of fused-ring (bicyclic) bond motifs is 1. The Morgan fingerprint density at radius 3 is 2.64 bits per heavy atom. The number of carboxylic acid groups (broad SMARTS) is 1. The van der Waals surface area contributed by atoms with Gasteiger partial charge in [0.05, 0.1) is 18.0 Å². The number of nitrogens with zero attached hydrogens (tertiary/aromatic N) is 1. The number of carbonyl (C=O) groups is 3. The average molecular weight is 340 g/mol. The molecule has 0 radical (unpaired) electrons. The van der Waals surface area contributed by atoms with Crippen molar-refractivity contribution < 1.29 is 63.6 Å². The fraction of sp³-hybridized carbons (Fsp3) is 0.545. The molecule has 116 valence electrons. The van der Waals surface area contributed by atoms with E-state index in [9.17, 15) is 24.6 Å². The van der Waals surface area contributed by atoms with Crippen LogP contribution in [0.4, 0.5) is 4.79 Å². The summed E-state index contributed by atoms with van der Waals surface area (Å²) in [5, 5.41) is 20.1. The zero-order valence-corrected chi connectivity index (χ0v) is 14.8. The number of hydrogen-bond donors (Lipinski definition) is 2. The summed E-state index contributed by atoms with van der Waals surface area (Å²) in [7, 11) is 0. The molecule has 9 nitrogen and oxygen atoms in total. The smallest absolute Gasteiger partial charge is 0.543 e. The van der Waals surface area contributed by atoms with Crippen molar-refractivity contribution in [1.82, 2.24) is 4.90 Å². The summed E-state index contributed by atoms with van der Waals surface area (Å²) in [4.78, 5) is 34.4. The van der Waals surface area contributed by atoms with E-state index in [1.54, 1.807) is 0 Å². The van der Waals surface area contributed by atoms with Gasteiger partial charge < -0.3 is 30.2 Å². The molecule has 1 fully saturated rings. The van der Waals surface area contributed by atoms with E-state index in [-0.39, 0.29) is 53.6 Å². The molecular weight excluding hydrogens is 327 g/mol. The Morgan fingerprint density at radius 1 is 1.50 bits per heavy atom. The van der Waals surface area contributed by atoms with E-state index in [0.717, 1.165) is 16.7 Å². The molecule has 3 N–H and O–H groups in total. The minimum Gasteiger partial charge on any atom is -0.543 e. The molecular formula is C11H13N2NaO7S. The van der Waals surface area contributed by atoms with Crippen molar-refractivity contribution in [2.45, 2.75) is 18.4 Å². The van der Waals surface area contributed by atoms with Crippen LogP contribution in [0.1, 0.15) is 6.92 Å². The largest absolute Gasteiger partial charge is 1.00 e. The number of β-lactam (4-membered cyclic amide) rings is 1. The van der Waals surface area contributed by atoms with E-state index in [0.29, 0.717) is 0 Å². The van der Waals surface area contributed by atoms with Gasteiger partial charge in [-0.1, -0.05) is 11.8 Å². The van der Waals surface area contributed by atoms with Crippen LogP contribution < -0.4 is 40.4 Å². The van der Waals surface area contributed by atoms with Crippen LogP contribution >= 0.6 is 11.8 Å². The van der Waals surface area contributed by atoms with Gasteiger partial charge in [-0.2, -0.15) is 0 Å². The van der Waals surface area contributed by atoms with Crippen LogP contribution in [-0.2, 0) is 19.1 Å². The molecule has 22 heavy (non-hydrogen) atoms. The second-order valence-electron chi connectivity index (χ2n) is 4.42. The molecule has 3 atom stereocenters. The van der Waals surface area contributed by atoms with Crippen molar-refractivity contribution in [1.29, 1.82) is 0 Å². The number of carbonyl (C=O) groups excluding carboxylic acids is 3. The van der Waals surface area contributed by atoms with E-state index in [1.807, 2.05) is 0 Å². The number of amides is 2. The maximum atomic E-state index is 11.9. The van der Waals surface area contributed by atoms with Gasteiger partial charge in [0, 0.05) is 0 Å². The molecule has 2 aliphatic rings. The molecule has 0 aliphatic carbocycles. The molecule has 0 unspecified atom stereocenters. The van der Waals surface area contributed by atoms with Crippen molar-refractivity contribution in [2.24, 2.45) is 11.7 Å². The van der Waals surface area contributed by atoms with E-state index in [4.69, 9.17) is 10.5 Å². The topological polar surface area (TPSA) is 142 Å². The number of primary amides is 1. The van der Waals surface area contributed by atoms with E-state index < -0.39 is 35.4 Å². The molecule has 0 aromatic carbocycles. The minimum atomic E-state index is -1.55. The van der Waals surface area contributed by atoms with Gasteiger partial charge in [0.25, 0.3) is 0 Å². The Labute approximate surface area is 152 Å². The Hall–Kier alpha value is -0.940. The third-order valence-electron chi connectivity index (χ3n) is 3.02. The normalized spacial score (nSPS) is 24.1. The van der Waals surface area contributed by atoms with Crippen LogP contribution in [-0.4, -0.2) is 52.7 Å². The predicted octanol–water partition coefficient (Wildman–Crippen LogP) is -5.07. The van der Waals surface area contributed by atoms with Gasteiger partial charge in [-0.15, -0.1) is 0 Å². The number of aliphatic hydroxyl groups is 1. The average Bonchev–Trinajstić information content (AvgIpc) is 2.68. The molecule has 0 bridgehead atoms. The van der Waals surface area contributed by atoms with Gasteiger partial charge in [-0.05, 0) is 6.92 Å². The standard InChI is InChI=1S/C11H14N2O7S.Na/c1-4(14)5-7(15)13-6(9(16)17)10(21-8(5)13)19-2-3-20-11(12)18;/h4-5,8,14H,2-3H2,1H3,(H2,12,18)(H,16,17);/q;+1/p-1/t4-,5+,8-;/m1./s1. The Kier molecular flexibility index (Phi) is 6.56. The number of nitrogens with two attached hydrogens (primary N) is 1. The minimum absolute atomic E-state index is 0. The summed E-state index contributed by atoms with van der Waals surface area (Å²) in [6.07, 6.45) is -1.87. The molecule has 2 amide bonds. The summed E-state index contributed by atoms with van der Waals surface area (Å²) in [5.74, 6) is -2.73. The summed E-state index contributed by atoms with van der Waals surface area (Å²) in [6, 6.07) is 0. The first-order chi connectivity index (χ1) is 9.84. The Morgan fingerprint density at radius 2 is 2.14 bits per heavy atom. The van der Waals surface area contributed by atoms with Crippen LogP contribution in [0.15, 0.2) is 10.8 Å². The van der Waals surface area contributed by atoms with E-state index in [2.05, 4.69) is 4.74 Å². The Balaban J connectivity index is 0.00000242. The molecule has 0 saturated carbocycles. The number of aliphatic carboxylic acids is 1. The molecule has 0 spiro atoms. The fourth-order valence-electron chi connectivity index (χ4n) is 2.12. The van der Waals surface area contributed by atoms with Gasteiger partial charge in [0.2, 0.25) is 5.91 Å². The van der Waals surface area contributed by atoms with Crippen LogP contribution in [0.25, 0.3) is 0 Å². The number of carboxylic acids is 1.